The van der Waals surface area contributed by atoms with E-state index in [0.717, 1.165) is 19.3 Å². The number of rotatable bonds is 4. The highest BCUT2D eigenvalue weighted by molar-refractivity contribution is 9.11. The Morgan fingerprint density at radius 2 is 2.18 bits per heavy atom. The molecule has 3 rings (SSSR count). The summed E-state index contributed by atoms with van der Waals surface area (Å²) in [6.45, 7) is 0. The fourth-order valence-corrected chi connectivity index (χ4v) is 4.42. The number of aromatic nitrogens is 1. The Hall–Kier alpha value is -1.15. The smallest absolute Gasteiger partial charge is 0.257 e. The molecule has 22 heavy (non-hydrogen) atoms. The molecule has 1 N–H and O–H groups in total. The molecule has 0 saturated carbocycles. The third-order valence-electron chi connectivity index (χ3n) is 2.88. The molecule has 0 unspecified atom stereocenters. The van der Waals surface area contributed by atoms with Crippen LogP contribution in [-0.2, 0) is 0 Å². The maximum absolute atomic E-state index is 12.3. The molecule has 3 nitrogen and oxygen atoms in total. The minimum absolute atomic E-state index is 0.135. The van der Waals surface area contributed by atoms with E-state index in [2.05, 4.69) is 26.2 Å². The summed E-state index contributed by atoms with van der Waals surface area (Å²) in [5, 5.41) is 5.42. The monoisotopic (exact) mass is 410 g/mol. The molecule has 0 aliphatic heterocycles. The van der Waals surface area contributed by atoms with Crippen LogP contribution in [0.1, 0.15) is 10.4 Å². The molecule has 2 heterocycles. The van der Waals surface area contributed by atoms with Crippen molar-refractivity contribution < 1.29 is 4.79 Å². The van der Waals surface area contributed by atoms with Crippen molar-refractivity contribution in [2.45, 2.75) is 4.90 Å². The van der Waals surface area contributed by atoms with Gasteiger partial charge >= 0.3 is 0 Å². The first-order valence-corrected chi connectivity index (χ1v) is 10.0. The third kappa shape index (κ3) is 3.60. The standard InChI is InChI=1S/C15H11BrN2OS3/c1-20-10-4-2-3-9(7-10)14(19)18-15-17-11(8-21-15)12-5-6-13(16)22-12/h2-8H,1H3,(H,17,18,19). The number of nitrogens with one attached hydrogen (secondary N) is 1. The van der Waals surface area contributed by atoms with Gasteiger partial charge in [-0.25, -0.2) is 4.98 Å². The fraction of sp³-hybridized carbons (Fsp3) is 0.0667. The number of carbonyl (C=O) groups excluding carboxylic acids is 1. The van der Waals surface area contributed by atoms with Crippen LogP contribution in [0.3, 0.4) is 0 Å². The summed E-state index contributed by atoms with van der Waals surface area (Å²) in [5.41, 5.74) is 1.52. The summed E-state index contributed by atoms with van der Waals surface area (Å²) < 4.78 is 1.06. The van der Waals surface area contributed by atoms with Gasteiger partial charge in [0.05, 0.1) is 14.4 Å². The zero-order valence-electron chi connectivity index (χ0n) is 11.5. The maximum atomic E-state index is 12.3. The first-order valence-electron chi connectivity index (χ1n) is 6.32. The normalized spacial score (nSPS) is 10.6. The zero-order valence-corrected chi connectivity index (χ0v) is 15.5. The van der Waals surface area contributed by atoms with Crippen molar-refractivity contribution in [1.29, 1.82) is 0 Å². The molecule has 3 aromatic rings. The average molecular weight is 411 g/mol. The van der Waals surface area contributed by atoms with Crippen molar-refractivity contribution in [1.82, 2.24) is 4.98 Å². The zero-order chi connectivity index (χ0) is 15.5. The number of hydrogen-bond donors (Lipinski definition) is 1. The van der Waals surface area contributed by atoms with Gasteiger partial charge in [-0.3, -0.25) is 10.1 Å². The highest BCUT2D eigenvalue weighted by Crippen LogP contribution is 2.33. The van der Waals surface area contributed by atoms with Gasteiger partial charge < -0.3 is 0 Å². The number of carbonyl (C=O) groups is 1. The lowest BCUT2D eigenvalue weighted by molar-refractivity contribution is 0.102. The summed E-state index contributed by atoms with van der Waals surface area (Å²) in [7, 11) is 0. The van der Waals surface area contributed by atoms with E-state index in [1.165, 1.54) is 11.3 Å². The highest BCUT2D eigenvalue weighted by Gasteiger charge is 2.11. The second kappa shape index (κ2) is 6.95. The third-order valence-corrected chi connectivity index (χ3v) is 6.01. The topological polar surface area (TPSA) is 42.0 Å². The van der Waals surface area contributed by atoms with E-state index in [4.69, 9.17) is 0 Å². The van der Waals surface area contributed by atoms with Crippen molar-refractivity contribution in [3.05, 3.63) is 51.1 Å². The van der Waals surface area contributed by atoms with Crippen LogP contribution in [-0.4, -0.2) is 17.1 Å². The van der Waals surface area contributed by atoms with Crippen molar-refractivity contribution in [3.8, 4) is 10.6 Å². The summed E-state index contributed by atoms with van der Waals surface area (Å²) >= 11 is 8.11. The van der Waals surface area contributed by atoms with E-state index in [1.54, 1.807) is 29.2 Å². The summed E-state index contributed by atoms with van der Waals surface area (Å²) in [6, 6.07) is 11.6. The molecule has 7 heteroatoms. The molecule has 0 fully saturated rings. The quantitative estimate of drug-likeness (QED) is 0.568. The molecule has 0 radical (unpaired) electrons. The van der Waals surface area contributed by atoms with Gasteiger partial charge in [-0.1, -0.05) is 6.07 Å². The van der Waals surface area contributed by atoms with Crippen LogP contribution in [0.25, 0.3) is 10.6 Å². The highest BCUT2D eigenvalue weighted by atomic mass is 79.9. The predicted molar refractivity (Wildman–Crippen MR) is 99.3 cm³/mol. The average Bonchev–Trinajstić information content (AvgIpc) is 3.16. The van der Waals surface area contributed by atoms with Crippen LogP contribution < -0.4 is 5.32 Å². The summed E-state index contributed by atoms with van der Waals surface area (Å²) in [5.74, 6) is -0.135. The minimum Gasteiger partial charge on any atom is -0.298 e. The SMILES string of the molecule is CSc1cccc(C(=O)Nc2nc(-c3ccc(Br)s3)cs2)c1. The molecule has 1 amide bonds. The molecule has 112 valence electrons. The fourth-order valence-electron chi connectivity index (χ4n) is 1.83. The van der Waals surface area contributed by atoms with Crippen LogP contribution in [0.15, 0.2) is 50.5 Å². The molecule has 0 aliphatic rings. The number of thiophene rings is 1. The number of benzene rings is 1. The van der Waals surface area contributed by atoms with E-state index >= 15 is 0 Å². The number of hydrogen-bond acceptors (Lipinski definition) is 5. The molecule has 2 aromatic heterocycles. The van der Waals surface area contributed by atoms with Gasteiger partial charge in [0, 0.05) is 15.8 Å². The molecule has 0 spiro atoms. The Bertz CT molecular complexity index is 812. The van der Waals surface area contributed by atoms with Crippen molar-refractivity contribution in [2.75, 3.05) is 11.6 Å². The molecule has 0 saturated heterocycles. The van der Waals surface area contributed by atoms with Crippen LogP contribution in [0.4, 0.5) is 5.13 Å². The Morgan fingerprint density at radius 1 is 1.32 bits per heavy atom. The van der Waals surface area contributed by atoms with Crippen LogP contribution in [0.2, 0.25) is 0 Å². The summed E-state index contributed by atoms with van der Waals surface area (Å²) in [6.07, 6.45) is 1.99. The van der Waals surface area contributed by atoms with Crippen molar-refractivity contribution in [2.24, 2.45) is 0 Å². The van der Waals surface area contributed by atoms with E-state index in [0.29, 0.717) is 10.7 Å². The van der Waals surface area contributed by atoms with E-state index in [9.17, 15) is 4.79 Å². The maximum Gasteiger partial charge on any atom is 0.257 e. The second-order valence-corrected chi connectivity index (χ2v) is 8.53. The molecule has 0 bridgehead atoms. The van der Waals surface area contributed by atoms with Gasteiger partial charge in [0.25, 0.3) is 5.91 Å². The van der Waals surface area contributed by atoms with E-state index in [1.807, 2.05) is 42.0 Å². The number of nitrogens with zero attached hydrogens (tertiary/aromatic N) is 1. The van der Waals surface area contributed by atoms with Crippen molar-refractivity contribution in [3.63, 3.8) is 0 Å². The molecule has 0 aliphatic carbocycles. The van der Waals surface area contributed by atoms with Gasteiger partial charge in [-0.05, 0) is 52.5 Å². The number of halogens is 1. The largest absolute Gasteiger partial charge is 0.298 e. The molecule has 1 aromatic carbocycles. The Labute approximate surface area is 148 Å². The molecule has 0 atom stereocenters. The van der Waals surface area contributed by atoms with E-state index in [-0.39, 0.29) is 5.91 Å². The number of amides is 1. The van der Waals surface area contributed by atoms with Gasteiger partial charge in [0.1, 0.15) is 0 Å². The van der Waals surface area contributed by atoms with Crippen LogP contribution >= 0.6 is 50.4 Å². The number of thioether (sulfide) groups is 1. The van der Waals surface area contributed by atoms with Crippen LogP contribution in [0, 0.1) is 0 Å². The lowest BCUT2D eigenvalue weighted by Gasteiger charge is -2.03. The van der Waals surface area contributed by atoms with E-state index < -0.39 is 0 Å². The number of anilines is 1. The second-order valence-electron chi connectivity index (χ2n) is 4.33. The Morgan fingerprint density at radius 3 is 2.91 bits per heavy atom. The predicted octanol–water partition coefficient (Wildman–Crippen LogP) is 5.61. The lowest BCUT2D eigenvalue weighted by atomic mass is 10.2. The Balaban J connectivity index is 1.75. The van der Waals surface area contributed by atoms with Gasteiger partial charge in [0.15, 0.2) is 5.13 Å². The number of thiazole rings is 1. The Kier molecular flexibility index (Phi) is 4.97. The first-order chi connectivity index (χ1) is 10.7. The minimum atomic E-state index is -0.135. The molecular weight excluding hydrogens is 400 g/mol. The van der Waals surface area contributed by atoms with Gasteiger partial charge in [-0.2, -0.15) is 0 Å². The summed E-state index contributed by atoms with van der Waals surface area (Å²) in [4.78, 5) is 18.9. The van der Waals surface area contributed by atoms with Crippen LogP contribution in [0.5, 0.6) is 0 Å². The van der Waals surface area contributed by atoms with Gasteiger partial charge in [0.2, 0.25) is 0 Å². The first kappa shape index (κ1) is 15.7. The lowest BCUT2D eigenvalue weighted by Crippen LogP contribution is -2.11. The van der Waals surface area contributed by atoms with Crippen molar-refractivity contribution >= 4 is 61.4 Å². The molecular formula is C15H11BrN2OS3. The van der Waals surface area contributed by atoms with Gasteiger partial charge in [-0.15, -0.1) is 34.4 Å².